The average Bonchev–Trinajstić information content (AvgIpc) is 1.63. The summed E-state index contributed by atoms with van der Waals surface area (Å²) >= 11 is 1.95. The fraction of sp³-hybridized carbons (Fsp3) is 1.00. The first-order valence-electron chi connectivity index (χ1n) is 3.48. The summed E-state index contributed by atoms with van der Waals surface area (Å²) in [5, 5.41) is 4.09. The molecule has 0 aliphatic rings. The van der Waals surface area contributed by atoms with Gasteiger partial charge in [-0.05, 0) is 0 Å². The Hall–Kier alpha value is 0.310. The highest BCUT2D eigenvalue weighted by atomic mass is 32.2. The first-order valence-corrected chi connectivity index (χ1v) is 4.52. The monoisotopic (exact) mass is 163 g/mol. The molecule has 2 heteroatoms. The second-order valence-electron chi connectivity index (χ2n) is 2.72. The van der Waals surface area contributed by atoms with Crippen LogP contribution in [-0.4, -0.2) is 17.2 Å². The maximum atomic E-state index is 3.34. The van der Waals surface area contributed by atoms with E-state index < -0.39 is 0 Å². The highest BCUT2D eigenvalue weighted by Gasteiger charge is 1.93. The van der Waals surface area contributed by atoms with Crippen LogP contribution in [0.3, 0.4) is 0 Å². The van der Waals surface area contributed by atoms with Crippen LogP contribution in [0.25, 0.3) is 0 Å². The van der Waals surface area contributed by atoms with Gasteiger partial charge in [0.25, 0.3) is 0 Å². The van der Waals surface area contributed by atoms with Gasteiger partial charge in [0.2, 0.25) is 0 Å². The van der Waals surface area contributed by atoms with Gasteiger partial charge in [-0.15, -0.1) is 11.8 Å². The zero-order chi connectivity index (χ0) is 7.28. The maximum absolute atomic E-state index is 3.34. The van der Waals surface area contributed by atoms with E-state index in [0.29, 0.717) is 6.04 Å². The molecule has 0 amide bonds. The largest absolute Gasteiger partial charge is 0.306 e. The standard InChI is InChI=1S/C7H17NS.CH4/c1-6(2)8-5-9-7(3)4;/h6-8H,5H2,1-4H3;1H4. The molecule has 1 nitrogen and oxygen atoms in total. The Labute approximate surface area is 70.0 Å². The molecule has 10 heavy (non-hydrogen) atoms. The molecule has 0 aromatic heterocycles. The molecule has 0 saturated heterocycles. The van der Waals surface area contributed by atoms with E-state index in [1.54, 1.807) is 0 Å². The third-order valence-corrected chi connectivity index (χ3v) is 1.91. The van der Waals surface area contributed by atoms with Crippen molar-refractivity contribution >= 4 is 11.8 Å². The third kappa shape index (κ3) is 11.2. The summed E-state index contributed by atoms with van der Waals surface area (Å²) in [5.74, 6) is 1.08. The van der Waals surface area contributed by atoms with Crippen LogP contribution in [0.15, 0.2) is 0 Å². The van der Waals surface area contributed by atoms with Gasteiger partial charge in [-0.2, -0.15) is 0 Å². The summed E-state index contributed by atoms with van der Waals surface area (Å²) in [6.07, 6.45) is 0. The Morgan fingerprint density at radius 1 is 1.20 bits per heavy atom. The van der Waals surface area contributed by atoms with Crippen molar-refractivity contribution in [2.75, 3.05) is 5.88 Å². The third-order valence-electron chi connectivity index (χ3n) is 0.908. The second kappa shape index (κ2) is 7.42. The predicted octanol–water partition coefficient (Wildman–Crippen LogP) is 2.72. The molecule has 0 aromatic rings. The highest BCUT2D eigenvalue weighted by molar-refractivity contribution is 7.99. The van der Waals surface area contributed by atoms with E-state index in [4.69, 9.17) is 0 Å². The minimum Gasteiger partial charge on any atom is -0.306 e. The summed E-state index contributed by atoms with van der Waals surface area (Å²) in [6, 6.07) is 0.622. The van der Waals surface area contributed by atoms with Gasteiger partial charge in [0, 0.05) is 17.2 Å². The number of rotatable bonds is 4. The lowest BCUT2D eigenvalue weighted by Gasteiger charge is -2.08. The van der Waals surface area contributed by atoms with Crippen molar-refractivity contribution in [3.8, 4) is 0 Å². The van der Waals surface area contributed by atoms with E-state index >= 15 is 0 Å². The van der Waals surface area contributed by atoms with Crippen LogP contribution in [0.2, 0.25) is 0 Å². The molecule has 0 radical (unpaired) electrons. The lowest BCUT2D eigenvalue weighted by molar-refractivity contribution is 0.654. The van der Waals surface area contributed by atoms with Crippen molar-refractivity contribution in [1.82, 2.24) is 5.32 Å². The van der Waals surface area contributed by atoms with Crippen molar-refractivity contribution in [2.24, 2.45) is 0 Å². The molecule has 64 valence electrons. The molecule has 0 fully saturated rings. The van der Waals surface area contributed by atoms with Crippen molar-refractivity contribution in [3.05, 3.63) is 0 Å². The summed E-state index contributed by atoms with van der Waals surface area (Å²) in [4.78, 5) is 0. The van der Waals surface area contributed by atoms with Crippen LogP contribution in [0, 0.1) is 0 Å². The normalized spacial score (nSPS) is 10.2. The van der Waals surface area contributed by atoms with Crippen molar-refractivity contribution < 1.29 is 0 Å². The highest BCUT2D eigenvalue weighted by Crippen LogP contribution is 2.06. The molecule has 0 bridgehead atoms. The molecular weight excluding hydrogens is 142 g/mol. The Kier molecular flexibility index (Phi) is 9.60. The summed E-state index contributed by atoms with van der Waals surface area (Å²) in [5.41, 5.74) is 0. The zero-order valence-corrected chi connectivity index (χ0v) is 7.59. The van der Waals surface area contributed by atoms with Crippen molar-refractivity contribution in [1.29, 1.82) is 0 Å². The van der Waals surface area contributed by atoms with E-state index in [9.17, 15) is 0 Å². The molecule has 1 N–H and O–H groups in total. The quantitative estimate of drug-likeness (QED) is 0.640. The van der Waals surface area contributed by atoms with Gasteiger partial charge in [-0.3, -0.25) is 0 Å². The topological polar surface area (TPSA) is 12.0 Å². The Morgan fingerprint density at radius 3 is 2.00 bits per heavy atom. The Morgan fingerprint density at radius 2 is 1.70 bits per heavy atom. The predicted molar refractivity (Wildman–Crippen MR) is 52.6 cm³/mol. The molecule has 0 spiro atoms. The SMILES string of the molecule is C.CC(C)NCSC(C)C. The molecule has 0 atom stereocenters. The molecule has 0 unspecified atom stereocenters. The van der Waals surface area contributed by atoms with Gasteiger partial charge >= 0.3 is 0 Å². The first-order chi connectivity index (χ1) is 4.13. The molecule has 0 heterocycles. The summed E-state index contributed by atoms with van der Waals surface area (Å²) in [6.45, 7) is 8.76. The van der Waals surface area contributed by atoms with Crippen LogP contribution in [0.1, 0.15) is 35.1 Å². The number of hydrogen-bond donors (Lipinski definition) is 1. The van der Waals surface area contributed by atoms with E-state index in [2.05, 4.69) is 33.0 Å². The van der Waals surface area contributed by atoms with Gasteiger partial charge in [0.05, 0.1) is 0 Å². The van der Waals surface area contributed by atoms with E-state index in [1.807, 2.05) is 11.8 Å². The lowest BCUT2D eigenvalue weighted by atomic mass is 10.4. The van der Waals surface area contributed by atoms with Crippen LogP contribution in [0.5, 0.6) is 0 Å². The smallest absolute Gasteiger partial charge is 0.0422 e. The van der Waals surface area contributed by atoms with Gasteiger partial charge in [-0.1, -0.05) is 35.1 Å². The minimum atomic E-state index is 0. The molecule has 0 rings (SSSR count). The lowest BCUT2D eigenvalue weighted by Crippen LogP contribution is -2.22. The molecule has 0 saturated carbocycles. The van der Waals surface area contributed by atoms with Crippen molar-refractivity contribution in [2.45, 2.75) is 46.4 Å². The van der Waals surface area contributed by atoms with E-state index in [-0.39, 0.29) is 7.43 Å². The summed E-state index contributed by atoms with van der Waals surface area (Å²) in [7, 11) is 0. The summed E-state index contributed by atoms with van der Waals surface area (Å²) < 4.78 is 0. The first kappa shape index (κ1) is 12.9. The number of hydrogen-bond acceptors (Lipinski definition) is 2. The Bertz CT molecular complexity index is 54.3. The van der Waals surface area contributed by atoms with Crippen molar-refractivity contribution in [3.63, 3.8) is 0 Å². The molecule has 0 aliphatic heterocycles. The minimum absolute atomic E-state index is 0. The average molecular weight is 163 g/mol. The van der Waals surface area contributed by atoms with Gasteiger partial charge in [0.15, 0.2) is 0 Å². The van der Waals surface area contributed by atoms with E-state index in [0.717, 1.165) is 11.1 Å². The van der Waals surface area contributed by atoms with Crippen LogP contribution in [-0.2, 0) is 0 Å². The van der Waals surface area contributed by atoms with Gasteiger partial charge < -0.3 is 5.32 Å². The molecule has 0 aromatic carbocycles. The van der Waals surface area contributed by atoms with Crippen LogP contribution >= 0.6 is 11.8 Å². The van der Waals surface area contributed by atoms with E-state index in [1.165, 1.54) is 0 Å². The Balaban J connectivity index is 0. The van der Waals surface area contributed by atoms with Crippen LogP contribution < -0.4 is 5.32 Å². The van der Waals surface area contributed by atoms with Gasteiger partial charge in [-0.25, -0.2) is 0 Å². The zero-order valence-electron chi connectivity index (χ0n) is 6.77. The fourth-order valence-electron chi connectivity index (χ4n) is 0.381. The second-order valence-corrected chi connectivity index (χ2v) is 4.28. The molecular formula is C8H21NS. The number of nitrogens with one attached hydrogen (secondary N) is 1. The number of thioether (sulfide) groups is 1. The van der Waals surface area contributed by atoms with Crippen LogP contribution in [0.4, 0.5) is 0 Å². The van der Waals surface area contributed by atoms with Gasteiger partial charge in [0.1, 0.15) is 0 Å². The molecule has 0 aliphatic carbocycles. The maximum Gasteiger partial charge on any atom is 0.0422 e. The fourth-order valence-corrected chi connectivity index (χ4v) is 1.14.